The maximum Gasteiger partial charge on any atom is 0.266 e. The summed E-state index contributed by atoms with van der Waals surface area (Å²) in [6.07, 6.45) is 1.51. The Hall–Kier alpha value is -2.34. The summed E-state index contributed by atoms with van der Waals surface area (Å²) < 4.78 is 12.4. The lowest BCUT2D eigenvalue weighted by Crippen LogP contribution is -2.24. The van der Waals surface area contributed by atoms with Gasteiger partial charge in [-0.3, -0.25) is 4.79 Å². The largest absolute Gasteiger partial charge is 0.490 e. The quantitative estimate of drug-likeness (QED) is 0.916. The first-order valence-corrected chi connectivity index (χ1v) is 6.84. The maximum absolute atomic E-state index is 11.6. The summed E-state index contributed by atoms with van der Waals surface area (Å²) in [6, 6.07) is 8.28. The average molecular weight is 288 g/mol. The Morgan fingerprint density at radius 2 is 2.05 bits per heavy atom. The lowest BCUT2D eigenvalue weighted by molar-refractivity contribution is 0.149. The van der Waals surface area contributed by atoms with Crippen LogP contribution in [0.5, 0.6) is 11.5 Å². The van der Waals surface area contributed by atoms with Crippen molar-refractivity contribution in [2.24, 2.45) is 0 Å². The number of aromatic nitrogens is 2. The Morgan fingerprint density at radius 3 is 2.86 bits per heavy atom. The molecular weight excluding hydrogens is 272 g/mol. The van der Waals surface area contributed by atoms with Gasteiger partial charge in [0.25, 0.3) is 5.56 Å². The first-order valence-electron chi connectivity index (χ1n) is 6.84. The third-order valence-corrected chi connectivity index (χ3v) is 3.29. The van der Waals surface area contributed by atoms with E-state index in [2.05, 4.69) is 5.10 Å². The molecule has 0 fully saturated rings. The Morgan fingerprint density at radius 1 is 1.24 bits per heavy atom. The van der Waals surface area contributed by atoms with Gasteiger partial charge < -0.3 is 14.6 Å². The van der Waals surface area contributed by atoms with E-state index in [1.165, 1.54) is 16.9 Å². The van der Waals surface area contributed by atoms with Crippen LogP contribution < -0.4 is 15.0 Å². The molecule has 1 N–H and O–H groups in total. The highest BCUT2D eigenvalue weighted by molar-refractivity contribution is 5.44. The van der Waals surface area contributed by atoms with Crippen LogP contribution in [0, 0.1) is 0 Å². The van der Waals surface area contributed by atoms with Crippen molar-refractivity contribution in [3.05, 3.63) is 52.4 Å². The molecule has 1 aliphatic rings. The van der Waals surface area contributed by atoms with Crippen LogP contribution in [0.2, 0.25) is 0 Å². The van der Waals surface area contributed by atoms with E-state index in [9.17, 15) is 9.90 Å². The molecule has 0 saturated heterocycles. The second kappa shape index (κ2) is 5.97. The molecule has 6 heteroatoms. The van der Waals surface area contributed by atoms with Gasteiger partial charge in [0, 0.05) is 18.7 Å². The van der Waals surface area contributed by atoms with Gasteiger partial charge in [-0.25, -0.2) is 4.68 Å². The second-order valence-electron chi connectivity index (χ2n) is 4.82. The molecular formula is C15H16N2O4. The molecule has 2 heterocycles. The molecule has 0 saturated carbocycles. The minimum Gasteiger partial charge on any atom is -0.490 e. The zero-order valence-corrected chi connectivity index (χ0v) is 11.4. The van der Waals surface area contributed by atoms with Gasteiger partial charge in [0.1, 0.15) is 0 Å². The van der Waals surface area contributed by atoms with Crippen molar-refractivity contribution in [3.8, 4) is 11.5 Å². The molecule has 21 heavy (non-hydrogen) atoms. The van der Waals surface area contributed by atoms with E-state index in [0.717, 1.165) is 6.42 Å². The highest BCUT2D eigenvalue weighted by atomic mass is 16.5. The normalized spacial score (nSPS) is 15.3. The van der Waals surface area contributed by atoms with Gasteiger partial charge in [-0.1, -0.05) is 6.07 Å². The minimum absolute atomic E-state index is 0.0965. The number of ether oxygens (including phenoxy) is 2. The van der Waals surface area contributed by atoms with Gasteiger partial charge in [0.05, 0.1) is 25.9 Å². The molecule has 1 aromatic heterocycles. The Labute approximate surface area is 121 Å². The number of hydrogen-bond donors (Lipinski definition) is 1. The van der Waals surface area contributed by atoms with Crippen LogP contribution in [0.15, 0.2) is 41.3 Å². The minimum atomic E-state index is -0.838. The zero-order chi connectivity index (χ0) is 14.7. The van der Waals surface area contributed by atoms with Crippen LogP contribution >= 0.6 is 0 Å². The third-order valence-electron chi connectivity index (χ3n) is 3.29. The molecule has 0 bridgehead atoms. The van der Waals surface area contributed by atoms with E-state index in [-0.39, 0.29) is 12.1 Å². The summed E-state index contributed by atoms with van der Waals surface area (Å²) in [5, 5.41) is 14.2. The van der Waals surface area contributed by atoms with E-state index in [1.54, 1.807) is 24.3 Å². The van der Waals surface area contributed by atoms with E-state index >= 15 is 0 Å². The van der Waals surface area contributed by atoms with Crippen LogP contribution in [-0.2, 0) is 6.54 Å². The molecule has 1 aliphatic heterocycles. The summed E-state index contributed by atoms with van der Waals surface area (Å²) in [5.41, 5.74) is 0.419. The standard InChI is InChI=1S/C15H16N2O4/c18-12(10-17-15(19)3-1-6-16-17)11-4-5-13-14(9-11)21-8-2-7-20-13/h1,3-6,9,12,18H,2,7-8,10H2. The molecule has 6 nitrogen and oxygen atoms in total. The highest BCUT2D eigenvalue weighted by Crippen LogP contribution is 2.32. The Bertz CT molecular complexity index is 683. The topological polar surface area (TPSA) is 73.6 Å². The third kappa shape index (κ3) is 3.05. The molecule has 0 spiro atoms. The summed E-state index contributed by atoms with van der Waals surface area (Å²) in [4.78, 5) is 11.6. The predicted octanol–water partition coefficient (Wildman–Crippen LogP) is 1.14. The predicted molar refractivity (Wildman–Crippen MR) is 75.5 cm³/mol. The molecule has 1 unspecified atom stereocenters. The molecule has 1 atom stereocenters. The van der Waals surface area contributed by atoms with Crippen molar-refractivity contribution in [3.63, 3.8) is 0 Å². The molecule has 0 amide bonds. The summed E-state index contributed by atoms with van der Waals surface area (Å²) in [6.45, 7) is 1.31. The monoisotopic (exact) mass is 288 g/mol. The lowest BCUT2D eigenvalue weighted by atomic mass is 10.1. The molecule has 0 aliphatic carbocycles. The Kier molecular flexibility index (Phi) is 3.87. The number of hydrogen-bond acceptors (Lipinski definition) is 5. The fraction of sp³-hybridized carbons (Fsp3) is 0.333. The van der Waals surface area contributed by atoms with Crippen LogP contribution in [0.4, 0.5) is 0 Å². The first kappa shape index (κ1) is 13.6. The van der Waals surface area contributed by atoms with Crippen molar-refractivity contribution < 1.29 is 14.6 Å². The zero-order valence-electron chi connectivity index (χ0n) is 11.4. The van der Waals surface area contributed by atoms with E-state index in [0.29, 0.717) is 30.3 Å². The number of aliphatic hydroxyl groups is 1. The van der Waals surface area contributed by atoms with Gasteiger partial charge in [-0.2, -0.15) is 5.10 Å². The molecule has 0 radical (unpaired) electrons. The van der Waals surface area contributed by atoms with Gasteiger partial charge >= 0.3 is 0 Å². The lowest BCUT2D eigenvalue weighted by Gasteiger charge is -2.14. The van der Waals surface area contributed by atoms with E-state index in [1.807, 2.05) is 0 Å². The van der Waals surface area contributed by atoms with Gasteiger partial charge in [0.2, 0.25) is 0 Å². The smallest absolute Gasteiger partial charge is 0.266 e. The average Bonchev–Trinajstić information content (AvgIpc) is 2.74. The molecule has 2 aromatic rings. The van der Waals surface area contributed by atoms with Crippen LogP contribution in [0.1, 0.15) is 18.1 Å². The fourth-order valence-corrected chi connectivity index (χ4v) is 2.18. The van der Waals surface area contributed by atoms with Crippen LogP contribution in [0.3, 0.4) is 0 Å². The SMILES string of the molecule is O=c1cccnn1CC(O)c1ccc2c(c1)OCCCO2. The van der Waals surface area contributed by atoms with Crippen molar-refractivity contribution >= 4 is 0 Å². The van der Waals surface area contributed by atoms with E-state index < -0.39 is 6.10 Å². The second-order valence-corrected chi connectivity index (χ2v) is 4.82. The van der Waals surface area contributed by atoms with Gasteiger partial charge in [-0.05, 0) is 23.8 Å². The fourth-order valence-electron chi connectivity index (χ4n) is 2.18. The van der Waals surface area contributed by atoms with E-state index in [4.69, 9.17) is 9.47 Å². The Balaban J connectivity index is 1.82. The van der Waals surface area contributed by atoms with Crippen molar-refractivity contribution in [1.82, 2.24) is 9.78 Å². The van der Waals surface area contributed by atoms with Crippen molar-refractivity contribution in [2.45, 2.75) is 19.1 Å². The van der Waals surface area contributed by atoms with Crippen molar-refractivity contribution in [1.29, 1.82) is 0 Å². The molecule has 3 rings (SSSR count). The number of benzene rings is 1. The van der Waals surface area contributed by atoms with Gasteiger partial charge in [-0.15, -0.1) is 0 Å². The number of aliphatic hydroxyl groups excluding tert-OH is 1. The molecule has 110 valence electrons. The summed E-state index contributed by atoms with van der Waals surface area (Å²) in [5.74, 6) is 1.30. The number of nitrogens with zero attached hydrogens (tertiary/aromatic N) is 2. The molecule has 1 aromatic carbocycles. The highest BCUT2D eigenvalue weighted by Gasteiger charge is 2.15. The summed E-state index contributed by atoms with van der Waals surface area (Å²) in [7, 11) is 0. The van der Waals surface area contributed by atoms with Crippen LogP contribution in [0.25, 0.3) is 0 Å². The van der Waals surface area contributed by atoms with Gasteiger partial charge in [0.15, 0.2) is 11.5 Å². The number of rotatable bonds is 3. The number of fused-ring (bicyclic) bond motifs is 1. The summed E-state index contributed by atoms with van der Waals surface area (Å²) >= 11 is 0. The maximum atomic E-state index is 11.6. The first-order chi connectivity index (χ1) is 10.2. The van der Waals surface area contributed by atoms with Crippen molar-refractivity contribution in [2.75, 3.05) is 13.2 Å². The van der Waals surface area contributed by atoms with Crippen LogP contribution in [-0.4, -0.2) is 28.1 Å².